The van der Waals surface area contributed by atoms with Crippen LogP contribution < -0.4 is 0 Å². The van der Waals surface area contributed by atoms with Crippen LogP contribution in [-0.2, 0) is 25.1 Å². The maximum absolute atomic E-state index is 11.7. The molecule has 0 atom stereocenters. The Balaban J connectivity index is 1.97. The van der Waals surface area contributed by atoms with Crippen molar-refractivity contribution in [3.8, 4) is 0 Å². The number of nitrogens with zero attached hydrogens (tertiary/aromatic N) is 1. The van der Waals surface area contributed by atoms with E-state index in [0.717, 1.165) is 41.7 Å². The van der Waals surface area contributed by atoms with E-state index in [0.29, 0.717) is 18.4 Å². The first-order chi connectivity index (χ1) is 13.6. The molecule has 156 valence electrons. The number of hydrogen-bond donors (Lipinski definition) is 0. The Labute approximate surface area is 171 Å². The topological polar surface area (TPSA) is 86.5 Å². The molecule has 7 heteroatoms. The Morgan fingerprint density at radius 3 is 2.52 bits per heavy atom. The second kappa shape index (κ2) is 7.88. The van der Waals surface area contributed by atoms with E-state index in [2.05, 4.69) is 25.3 Å². The molecule has 6 nitrogen and oxygen atoms in total. The molecule has 3 rings (SSSR count). The highest BCUT2D eigenvalue weighted by molar-refractivity contribution is 7.86. The van der Waals surface area contributed by atoms with Gasteiger partial charge >= 0.3 is 5.97 Å². The molecule has 0 spiro atoms. The molecule has 1 aliphatic rings. The van der Waals surface area contributed by atoms with E-state index >= 15 is 0 Å². The molecule has 1 heterocycles. The number of rotatable bonds is 7. The average Bonchev–Trinajstić information content (AvgIpc) is 2.84. The Bertz CT molecular complexity index is 1100. The molecule has 0 unspecified atom stereocenters. The molecular formula is C22H27NO5S. The van der Waals surface area contributed by atoms with Crippen molar-refractivity contribution in [2.24, 2.45) is 0 Å². The molecule has 0 amide bonds. The summed E-state index contributed by atoms with van der Waals surface area (Å²) in [6, 6.07) is 8.49. The van der Waals surface area contributed by atoms with E-state index in [-0.39, 0.29) is 16.3 Å². The molecule has 0 aliphatic carbocycles. The minimum absolute atomic E-state index is 0.173. The van der Waals surface area contributed by atoms with Crippen LogP contribution in [0.1, 0.15) is 52.5 Å². The summed E-state index contributed by atoms with van der Waals surface area (Å²) in [5, 5.41) is 1.25. The van der Waals surface area contributed by atoms with Gasteiger partial charge in [-0.2, -0.15) is 4.58 Å². The summed E-state index contributed by atoms with van der Waals surface area (Å²) < 4.78 is 42.3. The van der Waals surface area contributed by atoms with Gasteiger partial charge in [-0.25, -0.2) is 8.42 Å². The predicted octanol–water partition coefficient (Wildman–Crippen LogP) is 3.87. The minimum atomic E-state index is -4.56. The van der Waals surface area contributed by atoms with Crippen molar-refractivity contribution < 1.29 is 27.1 Å². The van der Waals surface area contributed by atoms with Gasteiger partial charge in [-0.3, -0.25) is 4.79 Å². The van der Waals surface area contributed by atoms with E-state index in [1.807, 2.05) is 12.1 Å². The van der Waals surface area contributed by atoms with Crippen molar-refractivity contribution in [2.75, 3.05) is 13.2 Å². The van der Waals surface area contributed by atoms with Crippen molar-refractivity contribution in [1.82, 2.24) is 0 Å². The zero-order valence-corrected chi connectivity index (χ0v) is 18.1. The van der Waals surface area contributed by atoms with E-state index < -0.39 is 10.1 Å². The molecule has 1 aliphatic heterocycles. The van der Waals surface area contributed by atoms with E-state index in [1.54, 1.807) is 19.1 Å². The Kier molecular flexibility index (Phi) is 5.83. The number of fused-ring (bicyclic) bond motifs is 3. The highest BCUT2D eigenvalue weighted by Crippen LogP contribution is 2.44. The molecule has 2 aromatic carbocycles. The van der Waals surface area contributed by atoms with Crippen molar-refractivity contribution in [3.63, 3.8) is 0 Å². The molecule has 0 saturated heterocycles. The number of benzene rings is 2. The van der Waals surface area contributed by atoms with Crippen LogP contribution in [0.4, 0.5) is 5.69 Å². The zero-order valence-electron chi connectivity index (χ0n) is 17.3. The summed E-state index contributed by atoms with van der Waals surface area (Å²) in [5.74, 6) is -0.173. The highest BCUT2D eigenvalue weighted by Gasteiger charge is 2.44. The largest absolute Gasteiger partial charge is 0.744 e. The van der Waals surface area contributed by atoms with Crippen molar-refractivity contribution in [3.05, 3.63) is 35.9 Å². The van der Waals surface area contributed by atoms with Crippen LogP contribution in [0, 0.1) is 0 Å². The van der Waals surface area contributed by atoms with Gasteiger partial charge < -0.3 is 9.29 Å². The fourth-order valence-corrected chi connectivity index (χ4v) is 4.87. The van der Waals surface area contributed by atoms with E-state index in [1.165, 1.54) is 6.07 Å². The standard InChI is InChI=1S/C22H27NO5S/c1-5-28-20(24)11-6-7-14-23-15(2)22(3,4)21-17-9-8-10-19(29(25,26)27)16(17)12-13-18(21)23/h8-10,12-13H,5-7,11,14H2,1-4H3. The summed E-state index contributed by atoms with van der Waals surface area (Å²) >= 11 is 0. The monoisotopic (exact) mass is 417 g/mol. The van der Waals surface area contributed by atoms with Crippen LogP contribution in [0.5, 0.6) is 0 Å². The fourth-order valence-electron chi connectivity index (χ4n) is 4.18. The molecule has 0 aromatic heterocycles. The van der Waals surface area contributed by atoms with Gasteiger partial charge in [0.25, 0.3) is 0 Å². The third kappa shape index (κ3) is 3.94. The Hall–Kier alpha value is -2.25. The SMILES string of the molecule is CCOC(=O)CCCC[N+]1=C(C)C(C)(C)c2c1ccc1c(S(=O)(=O)[O-])cccc21. The second-order valence-corrected chi connectivity index (χ2v) is 9.24. The quantitative estimate of drug-likeness (QED) is 0.295. The summed E-state index contributed by atoms with van der Waals surface area (Å²) in [6.45, 7) is 9.24. The third-order valence-electron chi connectivity index (χ3n) is 5.81. The average molecular weight is 418 g/mol. The lowest BCUT2D eigenvalue weighted by atomic mass is 9.80. The van der Waals surface area contributed by atoms with E-state index in [9.17, 15) is 17.8 Å². The van der Waals surface area contributed by atoms with Gasteiger partial charge in [0.05, 0.1) is 16.9 Å². The second-order valence-electron chi connectivity index (χ2n) is 7.89. The van der Waals surface area contributed by atoms with Crippen molar-refractivity contribution in [1.29, 1.82) is 0 Å². The Morgan fingerprint density at radius 2 is 1.86 bits per heavy atom. The smallest absolute Gasteiger partial charge is 0.305 e. The van der Waals surface area contributed by atoms with Crippen LogP contribution in [0.3, 0.4) is 0 Å². The number of esters is 1. The first kappa shape index (κ1) is 21.5. The normalized spacial score (nSPS) is 15.6. The molecule has 0 bridgehead atoms. The molecule has 0 N–H and O–H groups in total. The van der Waals surface area contributed by atoms with Crippen LogP contribution in [-0.4, -0.2) is 42.4 Å². The molecule has 0 radical (unpaired) electrons. The molecule has 0 saturated carbocycles. The minimum Gasteiger partial charge on any atom is -0.744 e. The lowest BCUT2D eigenvalue weighted by Crippen LogP contribution is -2.27. The number of carbonyl (C=O) groups excluding carboxylic acids is 1. The first-order valence-corrected chi connectivity index (χ1v) is 11.3. The van der Waals surface area contributed by atoms with Crippen LogP contribution >= 0.6 is 0 Å². The maximum atomic E-state index is 11.7. The van der Waals surface area contributed by atoms with Crippen LogP contribution in [0.2, 0.25) is 0 Å². The van der Waals surface area contributed by atoms with Gasteiger partial charge in [0.2, 0.25) is 5.69 Å². The van der Waals surface area contributed by atoms with Gasteiger partial charge in [-0.1, -0.05) is 12.1 Å². The lowest BCUT2D eigenvalue weighted by Gasteiger charge is -2.18. The molecular weight excluding hydrogens is 390 g/mol. The van der Waals surface area contributed by atoms with Crippen LogP contribution in [0.15, 0.2) is 35.2 Å². The number of unbranched alkanes of at least 4 members (excludes halogenated alkanes) is 1. The van der Waals surface area contributed by atoms with Gasteiger partial charge in [-0.05, 0) is 50.1 Å². The van der Waals surface area contributed by atoms with Gasteiger partial charge in [-0.15, -0.1) is 0 Å². The number of carbonyl (C=O) groups is 1. The lowest BCUT2D eigenvalue weighted by molar-refractivity contribution is -0.439. The number of hydrogen-bond acceptors (Lipinski definition) is 5. The fraction of sp³-hybridized carbons (Fsp3) is 0.455. The van der Waals surface area contributed by atoms with Crippen molar-refractivity contribution in [2.45, 2.75) is 57.3 Å². The maximum Gasteiger partial charge on any atom is 0.305 e. The predicted molar refractivity (Wildman–Crippen MR) is 111 cm³/mol. The van der Waals surface area contributed by atoms with E-state index in [4.69, 9.17) is 4.74 Å². The van der Waals surface area contributed by atoms with Crippen LogP contribution in [0.25, 0.3) is 10.8 Å². The first-order valence-electron chi connectivity index (χ1n) is 9.88. The zero-order chi connectivity index (χ0) is 21.4. The third-order valence-corrected chi connectivity index (χ3v) is 6.71. The van der Waals surface area contributed by atoms with Gasteiger partial charge in [0, 0.05) is 31.4 Å². The summed E-state index contributed by atoms with van der Waals surface area (Å²) in [5.41, 5.74) is 2.91. The summed E-state index contributed by atoms with van der Waals surface area (Å²) in [7, 11) is -4.56. The summed E-state index contributed by atoms with van der Waals surface area (Å²) in [4.78, 5) is 11.4. The van der Waals surface area contributed by atoms with Crippen molar-refractivity contribution >= 4 is 38.3 Å². The summed E-state index contributed by atoms with van der Waals surface area (Å²) in [6.07, 6.45) is 1.97. The molecule has 29 heavy (non-hydrogen) atoms. The van der Waals surface area contributed by atoms with Gasteiger partial charge in [0.1, 0.15) is 16.7 Å². The molecule has 2 aromatic rings. The molecule has 0 fully saturated rings. The number of ether oxygens (including phenoxy) is 1. The Morgan fingerprint density at radius 1 is 1.14 bits per heavy atom. The van der Waals surface area contributed by atoms with Gasteiger partial charge in [0.15, 0.2) is 5.71 Å². The highest BCUT2D eigenvalue weighted by atomic mass is 32.2.